The lowest BCUT2D eigenvalue weighted by molar-refractivity contribution is -0.00000845. The summed E-state index contributed by atoms with van der Waals surface area (Å²) >= 11 is 0. The summed E-state index contributed by atoms with van der Waals surface area (Å²) in [5.74, 6) is 0. The van der Waals surface area contributed by atoms with Crippen LogP contribution in [0.15, 0.2) is 119 Å². The van der Waals surface area contributed by atoms with Crippen LogP contribution in [0.25, 0.3) is 10.8 Å². The Kier molecular flexibility index (Phi) is 12.6. The van der Waals surface area contributed by atoms with Crippen molar-refractivity contribution < 1.29 is 24.0 Å². The van der Waals surface area contributed by atoms with Gasteiger partial charge in [-0.15, -0.1) is 0 Å². The van der Waals surface area contributed by atoms with Gasteiger partial charge in [-0.25, -0.2) is 0 Å². The monoisotopic (exact) mass is 705 g/mol. The Hall–Kier alpha value is -3.22. The summed E-state index contributed by atoms with van der Waals surface area (Å²) in [6, 6.07) is 38.9. The predicted octanol–water partition coefficient (Wildman–Crippen LogP) is 3.75. The Morgan fingerprint density at radius 2 is 0.977 bits per heavy atom. The van der Waals surface area contributed by atoms with Gasteiger partial charge in [-0.2, -0.15) is 0 Å². The van der Waals surface area contributed by atoms with E-state index >= 15 is 0 Å². The van der Waals surface area contributed by atoms with Gasteiger partial charge in [0.2, 0.25) is 0 Å². The number of nitrogens with one attached hydrogen (secondary N) is 3. The molecule has 224 valence electrons. The van der Waals surface area contributed by atoms with E-state index in [1.165, 1.54) is 60.6 Å². The Labute approximate surface area is 271 Å². The van der Waals surface area contributed by atoms with E-state index in [0.717, 1.165) is 25.1 Å². The molecular weight excluding hydrogens is 664 g/mol. The topological polar surface area (TPSA) is 77.8 Å². The van der Waals surface area contributed by atoms with Gasteiger partial charge in [0.05, 0.1) is 16.9 Å². The first-order chi connectivity index (χ1) is 20.7. The number of benzene rings is 4. The lowest BCUT2D eigenvalue weighted by atomic mass is 10.1. The summed E-state index contributed by atoms with van der Waals surface area (Å²) in [7, 11) is -1.72. The minimum absolute atomic E-state index is 0. The van der Waals surface area contributed by atoms with Crippen molar-refractivity contribution in [2.45, 2.75) is 51.4 Å². The first-order valence-electron chi connectivity index (χ1n) is 15.2. The molecule has 0 bridgehead atoms. The van der Waals surface area contributed by atoms with Crippen LogP contribution in [0, 0.1) is 0 Å². The fourth-order valence-corrected chi connectivity index (χ4v) is 10.4. The van der Waals surface area contributed by atoms with Crippen LogP contribution in [0.1, 0.15) is 51.4 Å². The molecular formula is C36H41IN3O2P. The van der Waals surface area contributed by atoms with Gasteiger partial charge in [0.15, 0.2) is 0 Å². The third-order valence-corrected chi connectivity index (χ3v) is 12.7. The Morgan fingerprint density at radius 3 is 1.51 bits per heavy atom. The molecule has 43 heavy (non-hydrogen) atoms. The average molecular weight is 706 g/mol. The van der Waals surface area contributed by atoms with Gasteiger partial charge < -0.3 is 29.3 Å². The molecule has 0 amide bonds. The molecule has 0 radical (unpaired) electrons. The molecule has 3 N–H and O–H groups in total. The highest BCUT2D eigenvalue weighted by atomic mass is 127. The Morgan fingerprint density at radius 1 is 0.512 bits per heavy atom. The van der Waals surface area contributed by atoms with Crippen LogP contribution in [0.5, 0.6) is 0 Å². The zero-order valence-electron chi connectivity index (χ0n) is 24.6. The molecule has 0 aliphatic heterocycles. The Bertz CT molecular complexity index is 1560. The van der Waals surface area contributed by atoms with Crippen molar-refractivity contribution in [3.63, 3.8) is 0 Å². The highest BCUT2D eigenvalue weighted by molar-refractivity contribution is 7.95. The number of halogens is 1. The van der Waals surface area contributed by atoms with Crippen molar-refractivity contribution in [3.8, 4) is 0 Å². The molecule has 5 aromatic rings. The highest BCUT2D eigenvalue weighted by Gasteiger charge is 2.44. The summed E-state index contributed by atoms with van der Waals surface area (Å²) < 4.78 is 0. The van der Waals surface area contributed by atoms with Gasteiger partial charge in [-0.05, 0) is 67.8 Å². The van der Waals surface area contributed by atoms with Crippen molar-refractivity contribution in [2.24, 2.45) is 0 Å². The van der Waals surface area contributed by atoms with Gasteiger partial charge in [-0.3, -0.25) is 19.8 Å². The average Bonchev–Trinajstić information content (AvgIpc) is 3.05. The molecule has 1 heterocycles. The summed E-state index contributed by atoms with van der Waals surface area (Å²) in [6.45, 7) is 0.787. The number of aromatic amines is 2. The molecule has 0 spiro atoms. The molecule has 0 saturated heterocycles. The second kappa shape index (κ2) is 16.6. The van der Waals surface area contributed by atoms with Crippen molar-refractivity contribution in [1.82, 2.24) is 10.2 Å². The quantitative estimate of drug-likeness (QED) is 0.0884. The van der Waals surface area contributed by atoms with Gasteiger partial charge >= 0.3 is 0 Å². The molecule has 7 heteroatoms. The van der Waals surface area contributed by atoms with E-state index in [0.29, 0.717) is 10.8 Å². The molecule has 5 rings (SSSR count). The lowest BCUT2D eigenvalue weighted by Gasteiger charge is -2.27. The number of fused-ring (bicyclic) bond motifs is 1. The number of aromatic nitrogens is 2. The van der Waals surface area contributed by atoms with E-state index in [4.69, 9.17) is 0 Å². The molecule has 0 saturated carbocycles. The van der Waals surface area contributed by atoms with Crippen LogP contribution in [-0.2, 0) is 0 Å². The van der Waals surface area contributed by atoms with Gasteiger partial charge in [0.1, 0.15) is 23.2 Å². The standard InChI is InChI=1S/C36H40N3O2P.HI/c40-35-32-25-18-26-33(34(32)36(41)39-38-35)37-27-16-5-3-1-2-4-6-17-28-42(29-19-10-7-11-20-29,30-21-12-8-13-22-30)31-23-14-9-15-24-31;/h7-15,18-26H,1-6,16-17,27-28H2,(H2-,37,38,39,40,41);1H. The molecule has 0 atom stereocenters. The SMILES string of the molecule is O=c1[nH][nH]c(=O)c2c(NCCCCCCCCCC[P+](c3ccccc3)(c3ccccc3)c3ccccc3)cccc12.[I-]. The number of unbranched alkanes of at least 4 members (excludes halogenated alkanes) is 7. The normalized spacial score (nSPS) is 11.3. The van der Waals surface area contributed by atoms with Crippen LogP contribution in [-0.4, -0.2) is 22.9 Å². The van der Waals surface area contributed by atoms with E-state index in [1.807, 2.05) is 12.1 Å². The smallest absolute Gasteiger partial charge is 0.272 e. The second-order valence-electron chi connectivity index (χ2n) is 10.9. The van der Waals surface area contributed by atoms with E-state index in [2.05, 4.69) is 107 Å². The van der Waals surface area contributed by atoms with Gasteiger partial charge in [0.25, 0.3) is 11.1 Å². The summed E-state index contributed by atoms with van der Waals surface area (Å²) in [5.41, 5.74) is 0.171. The maximum Gasteiger partial charge on any atom is 0.272 e. The third kappa shape index (κ3) is 8.04. The Balaban J connectivity index is 0.00000423. The minimum atomic E-state index is -1.72. The number of rotatable bonds is 15. The fraction of sp³-hybridized carbons (Fsp3) is 0.278. The van der Waals surface area contributed by atoms with Crippen molar-refractivity contribution >= 4 is 39.6 Å². The third-order valence-electron chi connectivity index (χ3n) is 8.15. The van der Waals surface area contributed by atoms with Crippen LogP contribution >= 0.6 is 7.26 Å². The van der Waals surface area contributed by atoms with E-state index < -0.39 is 7.26 Å². The van der Waals surface area contributed by atoms with Crippen molar-refractivity contribution in [1.29, 1.82) is 0 Å². The van der Waals surface area contributed by atoms with E-state index in [1.54, 1.807) is 6.07 Å². The summed E-state index contributed by atoms with van der Waals surface area (Å²) in [5, 5.41) is 13.4. The highest BCUT2D eigenvalue weighted by Crippen LogP contribution is 2.56. The molecule has 0 unspecified atom stereocenters. The first kappa shape index (κ1) is 32.7. The van der Waals surface area contributed by atoms with E-state index in [-0.39, 0.29) is 35.1 Å². The van der Waals surface area contributed by atoms with Gasteiger partial charge in [-0.1, -0.05) is 92.8 Å². The molecule has 1 aromatic heterocycles. The largest absolute Gasteiger partial charge is 1.00 e. The minimum Gasteiger partial charge on any atom is -1.00 e. The zero-order chi connectivity index (χ0) is 29.0. The predicted molar refractivity (Wildman–Crippen MR) is 181 cm³/mol. The molecule has 0 aliphatic carbocycles. The van der Waals surface area contributed by atoms with Crippen LogP contribution in [0.4, 0.5) is 5.69 Å². The first-order valence-corrected chi connectivity index (χ1v) is 17.2. The lowest BCUT2D eigenvalue weighted by Crippen LogP contribution is -3.00. The van der Waals surface area contributed by atoms with Gasteiger partial charge in [0, 0.05) is 12.2 Å². The van der Waals surface area contributed by atoms with Crippen molar-refractivity contribution in [2.75, 3.05) is 18.0 Å². The van der Waals surface area contributed by atoms with Crippen LogP contribution in [0.2, 0.25) is 0 Å². The number of H-pyrrole nitrogens is 2. The van der Waals surface area contributed by atoms with Crippen LogP contribution < -0.4 is 56.3 Å². The number of hydrogen-bond donors (Lipinski definition) is 3. The summed E-state index contributed by atoms with van der Waals surface area (Å²) in [6.07, 6.45) is 10.9. The molecule has 4 aromatic carbocycles. The maximum absolute atomic E-state index is 12.2. The molecule has 0 aliphatic rings. The van der Waals surface area contributed by atoms with Crippen LogP contribution in [0.3, 0.4) is 0 Å². The van der Waals surface area contributed by atoms with Crippen molar-refractivity contribution in [3.05, 3.63) is 130 Å². The zero-order valence-corrected chi connectivity index (χ0v) is 27.7. The maximum atomic E-state index is 12.2. The molecule has 5 nitrogen and oxygen atoms in total. The fourth-order valence-electron chi connectivity index (χ4n) is 6.02. The van der Waals surface area contributed by atoms with E-state index in [9.17, 15) is 9.59 Å². The summed E-state index contributed by atoms with van der Waals surface area (Å²) in [4.78, 5) is 24.3. The second-order valence-corrected chi connectivity index (χ2v) is 14.5. The molecule has 0 fully saturated rings. The number of hydrogen-bond acceptors (Lipinski definition) is 3. The number of anilines is 1.